The minimum Gasteiger partial charge on any atom is -0.444 e. The Morgan fingerprint density at radius 3 is 2.73 bits per heavy atom. The van der Waals surface area contributed by atoms with Crippen LogP contribution in [-0.4, -0.2) is 45.5 Å². The zero-order chi connectivity index (χ0) is 21.1. The van der Waals surface area contributed by atoms with Crippen LogP contribution in [0.25, 0.3) is 11.3 Å². The van der Waals surface area contributed by atoms with Crippen molar-refractivity contribution in [3.05, 3.63) is 76.7 Å². The Kier molecular flexibility index (Phi) is 5.96. The summed E-state index contributed by atoms with van der Waals surface area (Å²) in [5.41, 5.74) is 2.28. The topological polar surface area (TPSA) is 95.7 Å². The lowest BCUT2D eigenvalue weighted by Gasteiger charge is -2.24. The molecule has 2 N–H and O–H groups in total. The highest BCUT2D eigenvalue weighted by Gasteiger charge is 2.39. The summed E-state index contributed by atoms with van der Waals surface area (Å²) >= 11 is 3.35. The minimum absolute atomic E-state index is 0.134. The van der Waals surface area contributed by atoms with E-state index in [4.69, 9.17) is 4.42 Å². The van der Waals surface area contributed by atoms with E-state index in [1.165, 1.54) is 11.3 Å². The molecule has 0 bridgehead atoms. The van der Waals surface area contributed by atoms with E-state index in [1.807, 2.05) is 30.3 Å². The summed E-state index contributed by atoms with van der Waals surface area (Å²) in [6.45, 7) is 0.455. The Labute approximate surface area is 181 Å². The van der Waals surface area contributed by atoms with Crippen LogP contribution in [0.1, 0.15) is 22.3 Å². The second kappa shape index (κ2) is 8.81. The van der Waals surface area contributed by atoms with Crippen molar-refractivity contribution in [3.63, 3.8) is 0 Å². The van der Waals surface area contributed by atoms with Gasteiger partial charge in [0.05, 0.1) is 12.3 Å². The third-order valence-corrected chi connectivity index (χ3v) is 5.54. The predicted molar refractivity (Wildman–Crippen MR) is 113 cm³/mol. The number of aromatic nitrogens is 1. The number of halogens is 1. The Morgan fingerprint density at radius 2 is 2.03 bits per heavy atom. The zero-order valence-electron chi connectivity index (χ0n) is 16.0. The molecule has 2 heterocycles. The Hall–Kier alpha value is -2.97. The van der Waals surface area contributed by atoms with Gasteiger partial charge in [-0.25, -0.2) is 4.98 Å². The van der Waals surface area contributed by atoms with Crippen LogP contribution in [0.2, 0.25) is 0 Å². The molecule has 1 aliphatic rings. The fourth-order valence-corrected chi connectivity index (χ4v) is 3.93. The van der Waals surface area contributed by atoms with Crippen molar-refractivity contribution in [3.8, 4) is 11.3 Å². The van der Waals surface area contributed by atoms with E-state index in [2.05, 4.69) is 26.2 Å². The van der Waals surface area contributed by atoms with Gasteiger partial charge in [-0.15, -0.1) is 0 Å². The first-order valence-electron chi connectivity index (χ1n) is 9.51. The third-order valence-electron chi connectivity index (χ3n) is 5.05. The SMILES string of the molecule is O=C(NCc1ccc(-c2cnco2)cc1)C1CC(O)CN1C(=O)c1cccc(Br)c1. The molecule has 0 aliphatic carbocycles. The number of oxazole rings is 1. The average molecular weight is 470 g/mol. The van der Waals surface area contributed by atoms with E-state index in [1.54, 1.807) is 24.4 Å². The largest absolute Gasteiger partial charge is 0.444 e. The number of aliphatic hydroxyl groups is 1. The van der Waals surface area contributed by atoms with Crippen LogP contribution in [0.3, 0.4) is 0 Å². The van der Waals surface area contributed by atoms with Crippen molar-refractivity contribution in [1.82, 2.24) is 15.2 Å². The number of hydrogen-bond donors (Lipinski definition) is 2. The number of aliphatic hydroxyl groups excluding tert-OH is 1. The molecule has 2 atom stereocenters. The van der Waals surface area contributed by atoms with Crippen LogP contribution < -0.4 is 5.32 Å². The number of carbonyl (C=O) groups excluding carboxylic acids is 2. The van der Waals surface area contributed by atoms with Crippen LogP contribution in [0.5, 0.6) is 0 Å². The summed E-state index contributed by atoms with van der Waals surface area (Å²) in [5.74, 6) is 0.117. The van der Waals surface area contributed by atoms with Crippen molar-refractivity contribution in [2.24, 2.45) is 0 Å². The Morgan fingerprint density at radius 1 is 1.23 bits per heavy atom. The summed E-state index contributed by atoms with van der Waals surface area (Å²) in [4.78, 5) is 31.0. The first-order chi connectivity index (χ1) is 14.5. The number of nitrogens with zero attached hydrogens (tertiary/aromatic N) is 2. The first kappa shape index (κ1) is 20.3. The van der Waals surface area contributed by atoms with Gasteiger partial charge >= 0.3 is 0 Å². The van der Waals surface area contributed by atoms with E-state index < -0.39 is 12.1 Å². The highest BCUT2D eigenvalue weighted by atomic mass is 79.9. The molecule has 4 rings (SSSR count). The molecule has 30 heavy (non-hydrogen) atoms. The Balaban J connectivity index is 1.41. The molecule has 8 heteroatoms. The number of amides is 2. The lowest BCUT2D eigenvalue weighted by atomic mass is 10.1. The lowest BCUT2D eigenvalue weighted by molar-refractivity contribution is -0.125. The van der Waals surface area contributed by atoms with Crippen LogP contribution in [0.15, 0.2) is 70.0 Å². The van der Waals surface area contributed by atoms with Crippen LogP contribution in [0, 0.1) is 0 Å². The number of rotatable bonds is 5. The third kappa shape index (κ3) is 4.44. The zero-order valence-corrected chi connectivity index (χ0v) is 17.6. The summed E-state index contributed by atoms with van der Waals surface area (Å²) in [6.07, 6.45) is 2.51. The number of carbonyl (C=O) groups is 2. The first-order valence-corrected chi connectivity index (χ1v) is 10.3. The summed E-state index contributed by atoms with van der Waals surface area (Å²) in [6, 6.07) is 13.9. The summed E-state index contributed by atoms with van der Waals surface area (Å²) in [5, 5.41) is 13.0. The lowest BCUT2D eigenvalue weighted by Crippen LogP contribution is -2.45. The molecule has 2 aromatic carbocycles. The number of nitrogens with one attached hydrogen (secondary N) is 1. The second-order valence-electron chi connectivity index (χ2n) is 7.15. The fourth-order valence-electron chi connectivity index (χ4n) is 3.53. The van der Waals surface area contributed by atoms with Crippen molar-refractivity contribution < 1.29 is 19.1 Å². The standard InChI is InChI=1S/C22H20BrN3O4/c23-17-3-1-2-16(8-17)22(29)26-12-18(27)9-19(26)21(28)25-10-14-4-6-15(7-5-14)20-11-24-13-30-20/h1-8,11,13,18-19,27H,9-10,12H2,(H,25,28). The monoisotopic (exact) mass is 469 g/mol. The molecule has 1 saturated heterocycles. The van der Waals surface area contributed by atoms with Crippen molar-refractivity contribution in [1.29, 1.82) is 0 Å². The maximum atomic E-state index is 12.9. The van der Waals surface area contributed by atoms with Gasteiger partial charge in [0.2, 0.25) is 5.91 Å². The van der Waals surface area contributed by atoms with Gasteiger partial charge in [0.15, 0.2) is 12.2 Å². The molecule has 0 saturated carbocycles. The molecule has 2 unspecified atom stereocenters. The predicted octanol–water partition coefficient (Wildman–Crippen LogP) is 3.00. The molecule has 1 aliphatic heterocycles. The van der Waals surface area contributed by atoms with Crippen molar-refractivity contribution in [2.45, 2.75) is 25.1 Å². The maximum absolute atomic E-state index is 12.9. The van der Waals surface area contributed by atoms with Gasteiger partial charge in [-0.2, -0.15) is 0 Å². The van der Waals surface area contributed by atoms with E-state index >= 15 is 0 Å². The second-order valence-corrected chi connectivity index (χ2v) is 8.07. The van der Waals surface area contributed by atoms with Gasteiger partial charge in [0.25, 0.3) is 5.91 Å². The summed E-state index contributed by atoms with van der Waals surface area (Å²) < 4.78 is 6.05. The van der Waals surface area contributed by atoms with Gasteiger partial charge in [-0.1, -0.05) is 46.3 Å². The van der Waals surface area contributed by atoms with E-state index in [0.717, 1.165) is 15.6 Å². The Bertz CT molecular complexity index is 1040. The summed E-state index contributed by atoms with van der Waals surface area (Å²) in [7, 11) is 0. The quantitative estimate of drug-likeness (QED) is 0.598. The van der Waals surface area contributed by atoms with E-state index in [0.29, 0.717) is 17.9 Å². The molecule has 1 fully saturated rings. The molecule has 3 aromatic rings. The van der Waals surface area contributed by atoms with Gasteiger partial charge in [-0.3, -0.25) is 9.59 Å². The highest BCUT2D eigenvalue weighted by Crippen LogP contribution is 2.23. The molecule has 2 amide bonds. The van der Waals surface area contributed by atoms with Crippen molar-refractivity contribution >= 4 is 27.7 Å². The van der Waals surface area contributed by atoms with Crippen LogP contribution in [-0.2, 0) is 11.3 Å². The van der Waals surface area contributed by atoms with Gasteiger partial charge < -0.3 is 19.7 Å². The highest BCUT2D eigenvalue weighted by molar-refractivity contribution is 9.10. The van der Waals surface area contributed by atoms with E-state index in [-0.39, 0.29) is 24.8 Å². The average Bonchev–Trinajstić information content (AvgIpc) is 3.42. The minimum atomic E-state index is -0.724. The molecular formula is C22H20BrN3O4. The molecule has 1 aromatic heterocycles. The number of benzene rings is 2. The van der Waals surface area contributed by atoms with Crippen molar-refractivity contribution in [2.75, 3.05) is 6.54 Å². The molecule has 0 radical (unpaired) electrons. The fraction of sp³-hybridized carbons (Fsp3) is 0.227. The molecule has 7 nitrogen and oxygen atoms in total. The van der Waals surface area contributed by atoms with E-state index in [9.17, 15) is 14.7 Å². The van der Waals surface area contributed by atoms with Crippen LogP contribution in [0.4, 0.5) is 0 Å². The number of β-amino-alcohol motifs (C(OH)–C–C–N with tert-alkyl or cyclic N) is 1. The number of hydrogen-bond acceptors (Lipinski definition) is 5. The smallest absolute Gasteiger partial charge is 0.254 e. The van der Waals surface area contributed by atoms with Gasteiger partial charge in [0.1, 0.15) is 6.04 Å². The molecule has 0 spiro atoms. The van der Waals surface area contributed by atoms with Crippen LogP contribution >= 0.6 is 15.9 Å². The maximum Gasteiger partial charge on any atom is 0.254 e. The molecule has 154 valence electrons. The van der Waals surface area contributed by atoms with Gasteiger partial charge in [-0.05, 0) is 23.8 Å². The number of likely N-dealkylation sites (tertiary alicyclic amines) is 1. The molecular weight excluding hydrogens is 450 g/mol. The van der Waals surface area contributed by atoms with Gasteiger partial charge in [0, 0.05) is 35.1 Å². The normalized spacial score (nSPS) is 18.4.